The minimum Gasteiger partial charge on any atom is -0.372 e. The molecule has 0 aliphatic carbocycles. The van der Waals surface area contributed by atoms with Crippen molar-refractivity contribution in [1.82, 2.24) is 4.90 Å². The Morgan fingerprint density at radius 1 is 1.00 bits per heavy atom. The fourth-order valence-corrected chi connectivity index (χ4v) is 3.12. The van der Waals surface area contributed by atoms with Crippen molar-refractivity contribution in [3.8, 4) is 0 Å². The van der Waals surface area contributed by atoms with Gasteiger partial charge in [-0.2, -0.15) is 0 Å². The van der Waals surface area contributed by atoms with Gasteiger partial charge >= 0.3 is 0 Å². The van der Waals surface area contributed by atoms with Crippen molar-refractivity contribution < 1.29 is 9.59 Å². The number of nitrogens with one attached hydrogen (secondary N) is 1. The van der Waals surface area contributed by atoms with E-state index in [2.05, 4.69) is 24.1 Å². The molecule has 5 heteroatoms. The fourth-order valence-electron chi connectivity index (χ4n) is 3.12. The Bertz CT molecular complexity index is 530. The van der Waals surface area contributed by atoms with Gasteiger partial charge in [0, 0.05) is 37.6 Å². The normalized spacial score (nSPS) is 14.8. The Labute approximate surface area is 145 Å². The summed E-state index contributed by atoms with van der Waals surface area (Å²) >= 11 is 0. The van der Waals surface area contributed by atoms with Gasteiger partial charge < -0.3 is 15.1 Å². The quantitative estimate of drug-likeness (QED) is 0.814. The molecule has 1 fully saturated rings. The first-order valence-corrected chi connectivity index (χ1v) is 9.06. The number of carbonyl (C=O) groups excluding carboxylic acids is 2. The molecule has 24 heavy (non-hydrogen) atoms. The maximum atomic E-state index is 12.2. The number of anilines is 2. The van der Waals surface area contributed by atoms with Crippen LogP contribution in [-0.4, -0.2) is 42.9 Å². The molecular weight excluding hydrogens is 302 g/mol. The third kappa shape index (κ3) is 5.25. The minimum absolute atomic E-state index is 0.0610. The molecule has 1 aromatic carbocycles. The third-order valence-electron chi connectivity index (χ3n) is 4.55. The van der Waals surface area contributed by atoms with E-state index < -0.39 is 0 Å². The molecule has 0 atom stereocenters. The predicted octanol–water partition coefficient (Wildman–Crippen LogP) is 3.26. The molecule has 0 radical (unpaired) electrons. The molecule has 0 saturated carbocycles. The largest absolute Gasteiger partial charge is 0.372 e. The molecule has 0 aromatic heterocycles. The monoisotopic (exact) mass is 331 g/mol. The summed E-state index contributed by atoms with van der Waals surface area (Å²) in [7, 11) is 0. The van der Waals surface area contributed by atoms with Crippen LogP contribution in [0.15, 0.2) is 24.3 Å². The summed E-state index contributed by atoms with van der Waals surface area (Å²) in [4.78, 5) is 28.4. The van der Waals surface area contributed by atoms with Crippen LogP contribution in [0.3, 0.4) is 0 Å². The molecule has 0 spiro atoms. The Kier molecular flexibility index (Phi) is 7.09. The van der Waals surface area contributed by atoms with Crippen molar-refractivity contribution in [1.29, 1.82) is 0 Å². The third-order valence-corrected chi connectivity index (χ3v) is 4.55. The van der Waals surface area contributed by atoms with Crippen LogP contribution in [0, 0.1) is 0 Å². The summed E-state index contributed by atoms with van der Waals surface area (Å²) in [6.07, 6.45) is 4.36. The number of hydrogen-bond donors (Lipinski definition) is 1. The molecular formula is C19H29N3O2. The van der Waals surface area contributed by atoms with E-state index in [0.717, 1.165) is 50.4 Å². The molecule has 1 aliphatic heterocycles. The number of amides is 2. The predicted molar refractivity (Wildman–Crippen MR) is 98.3 cm³/mol. The van der Waals surface area contributed by atoms with Crippen molar-refractivity contribution in [3.63, 3.8) is 0 Å². The highest BCUT2D eigenvalue weighted by Crippen LogP contribution is 2.18. The van der Waals surface area contributed by atoms with Gasteiger partial charge in [0.05, 0.1) is 0 Å². The maximum Gasteiger partial charge on any atom is 0.233 e. The van der Waals surface area contributed by atoms with E-state index in [0.29, 0.717) is 0 Å². The topological polar surface area (TPSA) is 52.7 Å². The number of nitrogens with zero attached hydrogens (tertiary/aromatic N) is 2. The summed E-state index contributed by atoms with van der Waals surface area (Å²) in [6.45, 7) is 7.70. The van der Waals surface area contributed by atoms with Crippen molar-refractivity contribution >= 4 is 23.2 Å². The first-order chi connectivity index (χ1) is 11.6. The SMILES string of the molecule is CCN(CC)c1ccc(NC(=O)CC(=O)N2CCCCCC2)cc1. The second kappa shape index (κ2) is 9.30. The van der Waals surface area contributed by atoms with Crippen molar-refractivity contribution in [2.45, 2.75) is 46.0 Å². The smallest absolute Gasteiger partial charge is 0.233 e. The molecule has 2 amide bonds. The van der Waals surface area contributed by atoms with Gasteiger partial charge in [0.2, 0.25) is 11.8 Å². The zero-order valence-electron chi connectivity index (χ0n) is 14.9. The van der Waals surface area contributed by atoms with Crippen LogP contribution in [0.5, 0.6) is 0 Å². The summed E-state index contributed by atoms with van der Waals surface area (Å²) in [5, 5.41) is 2.82. The molecule has 0 unspecified atom stereocenters. The van der Waals surface area contributed by atoms with Crippen molar-refractivity contribution in [3.05, 3.63) is 24.3 Å². The highest BCUT2D eigenvalue weighted by Gasteiger charge is 2.18. The van der Waals surface area contributed by atoms with E-state index in [9.17, 15) is 9.59 Å². The standard InChI is InChI=1S/C19H29N3O2/c1-3-21(4-2)17-11-9-16(10-12-17)20-18(23)15-19(24)22-13-7-5-6-8-14-22/h9-12H,3-8,13-15H2,1-2H3,(H,20,23). The summed E-state index contributed by atoms with van der Waals surface area (Å²) in [5.41, 5.74) is 1.87. The molecule has 0 bridgehead atoms. The lowest BCUT2D eigenvalue weighted by atomic mass is 10.2. The molecule has 2 rings (SSSR count). The summed E-state index contributed by atoms with van der Waals surface area (Å²) in [5.74, 6) is -0.297. The van der Waals surface area contributed by atoms with Crippen LogP contribution in [0.2, 0.25) is 0 Å². The van der Waals surface area contributed by atoms with E-state index in [1.54, 1.807) is 0 Å². The number of benzene rings is 1. The van der Waals surface area contributed by atoms with E-state index in [-0.39, 0.29) is 18.2 Å². The maximum absolute atomic E-state index is 12.2. The Balaban J connectivity index is 1.86. The molecule has 1 aromatic rings. The van der Waals surface area contributed by atoms with Gasteiger partial charge in [-0.15, -0.1) is 0 Å². The van der Waals surface area contributed by atoms with Crippen LogP contribution in [0.4, 0.5) is 11.4 Å². The lowest BCUT2D eigenvalue weighted by Crippen LogP contribution is -2.34. The van der Waals surface area contributed by atoms with E-state index in [1.807, 2.05) is 29.2 Å². The number of hydrogen-bond acceptors (Lipinski definition) is 3. The van der Waals surface area contributed by atoms with Crippen LogP contribution in [0.1, 0.15) is 46.0 Å². The van der Waals surface area contributed by atoms with Gasteiger partial charge in [-0.3, -0.25) is 9.59 Å². The van der Waals surface area contributed by atoms with E-state index >= 15 is 0 Å². The zero-order chi connectivity index (χ0) is 17.4. The first kappa shape index (κ1) is 18.3. The molecule has 5 nitrogen and oxygen atoms in total. The second-order valence-electron chi connectivity index (χ2n) is 6.24. The Morgan fingerprint density at radius 3 is 2.12 bits per heavy atom. The molecule has 1 heterocycles. The van der Waals surface area contributed by atoms with Gasteiger partial charge in [0.1, 0.15) is 6.42 Å². The van der Waals surface area contributed by atoms with Gasteiger partial charge in [-0.25, -0.2) is 0 Å². The van der Waals surface area contributed by atoms with Crippen molar-refractivity contribution in [2.24, 2.45) is 0 Å². The fraction of sp³-hybridized carbons (Fsp3) is 0.579. The summed E-state index contributed by atoms with van der Waals surface area (Å²) in [6, 6.07) is 7.78. The van der Waals surface area contributed by atoms with Gasteiger partial charge in [0.25, 0.3) is 0 Å². The second-order valence-corrected chi connectivity index (χ2v) is 6.24. The first-order valence-electron chi connectivity index (χ1n) is 9.06. The highest BCUT2D eigenvalue weighted by atomic mass is 16.2. The number of likely N-dealkylation sites (tertiary alicyclic amines) is 1. The van der Waals surface area contributed by atoms with Crippen LogP contribution in [-0.2, 0) is 9.59 Å². The van der Waals surface area contributed by atoms with E-state index in [4.69, 9.17) is 0 Å². The number of carbonyl (C=O) groups is 2. The minimum atomic E-state index is -0.236. The number of rotatable bonds is 6. The molecule has 132 valence electrons. The average molecular weight is 331 g/mol. The highest BCUT2D eigenvalue weighted by molar-refractivity contribution is 6.03. The van der Waals surface area contributed by atoms with E-state index in [1.165, 1.54) is 12.8 Å². The van der Waals surface area contributed by atoms with Gasteiger partial charge in [-0.1, -0.05) is 12.8 Å². The lowest BCUT2D eigenvalue weighted by molar-refractivity contribution is -0.134. The van der Waals surface area contributed by atoms with Crippen LogP contribution >= 0.6 is 0 Å². The summed E-state index contributed by atoms with van der Waals surface area (Å²) < 4.78 is 0. The Hall–Kier alpha value is -2.04. The van der Waals surface area contributed by atoms with Gasteiger partial charge in [-0.05, 0) is 51.0 Å². The zero-order valence-corrected chi connectivity index (χ0v) is 14.9. The molecule has 1 N–H and O–H groups in total. The Morgan fingerprint density at radius 2 is 1.58 bits per heavy atom. The van der Waals surface area contributed by atoms with Crippen LogP contribution < -0.4 is 10.2 Å². The van der Waals surface area contributed by atoms with Crippen molar-refractivity contribution in [2.75, 3.05) is 36.4 Å². The molecule has 1 saturated heterocycles. The lowest BCUT2D eigenvalue weighted by Gasteiger charge is -2.21. The van der Waals surface area contributed by atoms with Gasteiger partial charge in [0.15, 0.2) is 0 Å². The molecule has 1 aliphatic rings. The average Bonchev–Trinajstić information content (AvgIpc) is 2.87. The van der Waals surface area contributed by atoms with Crippen LogP contribution in [0.25, 0.3) is 0 Å².